The highest BCUT2D eigenvalue weighted by Gasteiger charge is 2.18. The molecular weight excluding hydrogens is 326 g/mol. The van der Waals surface area contributed by atoms with Crippen molar-refractivity contribution < 1.29 is 14.2 Å². The van der Waals surface area contributed by atoms with E-state index in [1.54, 1.807) is 26.1 Å². The smallest absolute Gasteiger partial charge is 0.275 e. The van der Waals surface area contributed by atoms with Gasteiger partial charge in [-0.05, 0) is 6.92 Å². The number of rotatable bonds is 4. The lowest BCUT2D eigenvalue weighted by Crippen LogP contribution is -2.21. The summed E-state index contributed by atoms with van der Waals surface area (Å²) in [6.45, 7) is 1.72. The minimum Gasteiger partial charge on any atom is -0.493 e. The molecule has 0 atom stereocenters. The molecule has 0 spiro atoms. The standard InChI is InChI=1S/C17H19N3O5/c1-9-15-11(18-19(2)17(15)22)8-14(21)20(9)10-6-12(23-3)16(25-5)13(7-10)24-4/h6-8,18H,1-5H3. The molecule has 0 fully saturated rings. The van der Waals surface area contributed by atoms with Crippen LogP contribution in [0.3, 0.4) is 0 Å². The summed E-state index contributed by atoms with van der Waals surface area (Å²) in [6, 6.07) is 4.73. The fourth-order valence-corrected chi connectivity index (χ4v) is 3.01. The van der Waals surface area contributed by atoms with Gasteiger partial charge in [-0.25, -0.2) is 0 Å². The molecule has 2 heterocycles. The fourth-order valence-electron chi connectivity index (χ4n) is 3.01. The minimum absolute atomic E-state index is 0.200. The summed E-state index contributed by atoms with van der Waals surface area (Å²) in [6.07, 6.45) is 0. The Labute approximate surface area is 143 Å². The number of methoxy groups -OCH3 is 3. The normalized spacial score (nSPS) is 10.9. The zero-order valence-corrected chi connectivity index (χ0v) is 14.7. The van der Waals surface area contributed by atoms with Crippen LogP contribution in [0.25, 0.3) is 16.6 Å². The van der Waals surface area contributed by atoms with Gasteiger partial charge >= 0.3 is 0 Å². The number of H-pyrrole nitrogens is 1. The lowest BCUT2D eigenvalue weighted by Gasteiger charge is -2.16. The van der Waals surface area contributed by atoms with E-state index < -0.39 is 0 Å². The fraction of sp³-hybridized carbons (Fsp3) is 0.294. The molecule has 0 amide bonds. The first-order valence-corrected chi connectivity index (χ1v) is 7.54. The molecule has 1 N–H and O–H groups in total. The second-order valence-electron chi connectivity index (χ2n) is 5.55. The molecule has 0 saturated heterocycles. The number of ether oxygens (including phenoxy) is 3. The van der Waals surface area contributed by atoms with Crippen molar-refractivity contribution in [1.82, 2.24) is 14.3 Å². The Morgan fingerprint density at radius 3 is 2.08 bits per heavy atom. The molecule has 3 aromatic rings. The number of hydrogen-bond acceptors (Lipinski definition) is 5. The predicted molar refractivity (Wildman–Crippen MR) is 93.5 cm³/mol. The van der Waals surface area contributed by atoms with E-state index >= 15 is 0 Å². The number of benzene rings is 1. The lowest BCUT2D eigenvalue weighted by atomic mass is 10.2. The number of hydrogen-bond donors (Lipinski definition) is 1. The lowest BCUT2D eigenvalue weighted by molar-refractivity contribution is 0.324. The molecule has 8 nitrogen and oxygen atoms in total. The van der Waals surface area contributed by atoms with E-state index in [0.29, 0.717) is 39.5 Å². The van der Waals surface area contributed by atoms with Crippen molar-refractivity contribution in [2.45, 2.75) is 6.92 Å². The van der Waals surface area contributed by atoms with Crippen molar-refractivity contribution >= 4 is 10.9 Å². The Kier molecular flexibility index (Phi) is 4.03. The molecule has 8 heteroatoms. The molecule has 1 aromatic carbocycles. The van der Waals surface area contributed by atoms with Gasteiger partial charge < -0.3 is 14.2 Å². The molecule has 2 aromatic heterocycles. The largest absolute Gasteiger partial charge is 0.493 e. The first kappa shape index (κ1) is 16.7. The molecule has 0 aliphatic rings. The van der Waals surface area contributed by atoms with Crippen molar-refractivity contribution in [2.75, 3.05) is 21.3 Å². The SMILES string of the molecule is COc1cc(-n2c(C)c3c(=O)n(C)[nH]c3cc2=O)cc(OC)c1OC. The monoisotopic (exact) mass is 345 g/mol. The van der Waals surface area contributed by atoms with Gasteiger partial charge in [0, 0.05) is 30.9 Å². The van der Waals surface area contributed by atoms with E-state index in [4.69, 9.17) is 14.2 Å². The summed E-state index contributed by atoms with van der Waals surface area (Å²) in [5, 5.41) is 3.33. The van der Waals surface area contributed by atoms with Gasteiger partial charge in [-0.15, -0.1) is 0 Å². The number of fused-ring (bicyclic) bond motifs is 1. The third-order valence-corrected chi connectivity index (χ3v) is 4.17. The summed E-state index contributed by atoms with van der Waals surface area (Å²) in [7, 11) is 6.12. The Bertz CT molecular complexity index is 1050. The average Bonchev–Trinajstić information content (AvgIpc) is 2.87. The van der Waals surface area contributed by atoms with Crippen LogP contribution in [-0.4, -0.2) is 35.7 Å². The van der Waals surface area contributed by atoms with Gasteiger partial charge in [0.15, 0.2) is 11.5 Å². The highest BCUT2D eigenvalue weighted by Crippen LogP contribution is 2.39. The maximum Gasteiger partial charge on any atom is 0.275 e. The molecule has 25 heavy (non-hydrogen) atoms. The first-order chi connectivity index (χ1) is 11.9. The Morgan fingerprint density at radius 2 is 1.56 bits per heavy atom. The number of nitrogens with zero attached hydrogens (tertiary/aromatic N) is 2. The van der Waals surface area contributed by atoms with Gasteiger partial charge in [-0.1, -0.05) is 0 Å². The molecule has 0 unspecified atom stereocenters. The molecule has 0 aliphatic heterocycles. The van der Waals surface area contributed by atoms with E-state index in [1.165, 1.54) is 36.6 Å². The minimum atomic E-state index is -0.277. The van der Waals surface area contributed by atoms with Crippen molar-refractivity contribution in [3.05, 3.63) is 44.6 Å². The predicted octanol–water partition coefficient (Wildman–Crippen LogP) is 1.35. The highest BCUT2D eigenvalue weighted by atomic mass is 16.5. The van der Waals surface area contributed by atoms with Crippen LogP contribution in [0.2, 0.25) is 0 Å². The van der Waals surface area contributed by atoms with Crippen molar-refractivity contribution in [2.24, 2.45) is 7.05 Å². The van der Waals surface area contributed by atoms with Gasteiger partial charge in [0.2, 0.25) is 5.75 Å². The van der Waals surface area contributed by atoms with E-state index in [0.717, 1.165) is 0 Å². The summed E-state index contributed by atoms with van der Waals surface area (Å²) in [5.74, 6) is 1.27. The first-order valence-electron chi connectivity index (χ1n) is 7.54. The van der Waals surface area contributed by atoms with Crippen molar-refractivity contribution in [1.29, 1.82) is 0 Å². The van der Waals surface area contributed by atoms with Crippen molar-refractivity contribution in [3.8, 4) is 22.9 Å². The van der Waals surface area contributed by atoms with Gasteiger partial charge in [0.25, 0.3) is 11.1 Å². The topological polar surface area (TPSA) is 87.5 Å². The maximum atomic E-state index is 12.6. The van der Waals surface area contributed by atoms with E-state index in [9.17, 15) is 9.59 Å². The van der Waals surface area contributed by atoms with Gasteiger partial charge in [0.05, 0.1) is 37.9 Å². The van der Waals surface area contributed by atoms with Crippen LogP contribution in [0.15, 0.2) is 27.8 Å². The summed E-state index contributed by atoms with van der Waals surface area (Å²) >= 11 is 0. The molecule has 0 aliphatic carbocycles. The maximum absolute atomic E-state index is 12.6. The van der Waals surface area contributed by atoms with Crippen LogP contribution in [-0.2, 0) is 7.05 Å². The third kappa shape index (κ3) is 2.46. The van der Waals surface area contributed by atoms with Crippen LogP contribution in [0.5, 0.6) is 17.2 Å². The Morgan fingerprint density at radius 1 is 0.960 bits per heavy atom. The van der Waals surface area contributed by atoms with Crippen LogP contribution >= 0.6 is 0 Å². The second-order valence-corrected chi connectivity index (χ2v) is 5.55. The summed E-state index contributed by atoms with van der Waals surface area (Å²) in [5.41, 5.74) is 1.06. The van der Waals surface area contributed by atoms with E-state index in [-0.39, 0.29) is 11.1 Å². The molecule has 0 saturated carbocycles. The number of aryl methyl sites for hydroxylation is 2. The number of pyridine rings is 1. The highest BCUT2D eigenvalue weighted by molar-refractivity contribution is 5.80. The number of aromatic nitrogens is 3. The second kappa shape index (κ2) is 6.04. The quantitative estimate of drug-likeness (QED) is 0.771. The Hall–Kier alpha value is -3.16. The molecule has 132 valence electrons. The molecule has 0 radical (unpaired) electrons. The molecular formula is C17H19N3O5. The van der Waals surface area contributed by atoms with Crippen LogP contribution in [0, 0.1) is 6.92 Å². The zero-order valence-electron chi connectivity index (χ0n) is 14.7. The number of nitrogens with one attached hydrogen (secondary N) is 1. The average molecular weight is 345 g/mol. The summed E-state index contributed by atoms with van der Waals surface area (Å²) < 4.78 is 18.8. The molecule has 0 bridgehead atoms. The third-order valence-electron chi connectivity index (χ3n) is 4.17. The Balaban J connectivity index is 2.39. The van der Waals surface area contributed by atoms with Gasteiger partial charge in [-0.3, -0.25) is 23.9 Å². The zero-order chi connectivity index (χ0) is 18.3. The van der Waals surface area contributed by atoms with E-state index in [1.807, 2.05) is 0 Å². The number of aromatic amines is 1. The summed E-state index contributed by atoms with van der Waals surface area (Å²) in [4.78, 5) is 25.0. The van der Waals surface area contributed by atoms with Gasteiger partial charge in [-0.2, -0.15) is 0 Å². The van der Waals surface area contributed by atoms with Crippen LogP contribution in [0.4, 0.5) is 0 Å². The van der Waals surface area contributed by atoms with Crippen molar-refractivity contribution in [3.63, 3.8) is 0 Å². The van der Waals surface area contributed by atoms with Crippen LogP contribution in [0.1, 0.15) is 5.69 Å². The van der Waals surface area contributed by atoms with Crippen LogP contribution < -0.4 is 25.3 Å². The van der Waals surface area contributed by atoms with Gasteiger partial charge in [0.1, 0.15) is 0 Å². The van der Waals surface area contributed by atoms with E-state index in [2.05, 4.69) is 5.10 Å². The molecule has 3 rings (SSSR count).